The van der Waals surface area contributed by atoms with Crippen LogP contribution in [0.15, 0.2) is 64.5 Å². The van der Waals surface area contributed by atoms with Crippen molar-refractivity contribution in [2.75, 3.05) is 26.7 Å². The van der Waals surface area contributed by atoms with Crippen LogP contribution in [0.3, 0.4) is 0 Å². The topological polar surface area (TPSA) is 96.5 Å². The molecule has 1 unspecified atom stereocenters. The van der Waals surface area contributed by atoms with Crippen LogP contribution in [0.5, 0.6) is 0 Å². The average Bonchev–Trinajstić information content (AvgIpc) is 3.45. The summed E-state index contributed by atoms with van der Waals surface area (Å²) in [6, 6.07) is 11.4. The number of halogens is 2. The quantitative estimate of drug-likeness (QED) is 0.158. The number of benzene rings is 1. The largest absolute Gasteiger partial charge is 0.459 e. The molecule has 1 aromatic carbocycles. The Kier molecular flexibility index (Phi) is 10.5. The zero-order chi connectivity index (χ0) is 22.1. The number of nitrogens with one attached hydrogen (secondary N) is 3. The van der Waals surface area contributed by atoms with Gasteiger partial charge in [0.05, 0.1) is 12.3 Å². The molecule has 1 amide bonds. The van der Waals surface area contributed by atoms with E-state index in [0.29, 0.717) is 36.4 Å². The lowest BCUT2D eigenvalue weighted by Gasteiger charge is -2.20. The Labute approximate surface area is 209 Å². The number of hydrogen-bond donors (Lipinski definition) is 3. The normalized spacial score (nSPS) is 12.0. The second kappa shape index (κ2) is 13.1. The van der Waals surface area contributed by atoms with Gasteiger partial charge in [0.25, 0.3) is 5.91 Å². The van der Waals surface area contributed by atoms with Crippen LogP contribution >= 0.6 is 35.6 Å². The van der Waals surface area contributed by atoms with Crippen molar-refractivity contribution in [2.24, 2.45) is 4.99 Å². The minimum absolute atomic E-state index is 0. The minimum Gasteiger partial charge on any atom is -0.459 e. The van der Waals surface area contributed by atoms with Crippen LogP contribution in [0, 0.1) is 6.92 Å². The molecule has 32 heavy (non-hydrogen) atoms. The maximum atomic E-state index is 12.0. The predicted octanol–water partition coefficient (Wildman–Crippen LogP) is 3.63. The van der Waals surface area contributed by atoms with Crippen LogP contribution in [0.2, 0.25) is 5.02 Å². The molecular weight excluding hydrogens is 543 g/mol. The standard InChI is InChI=1S/C22H27ClN6O2.HI/c1-16-9-14-31-20(16)21(30)25-10-3-11-26-22(24-2)27-15-19(29-13-4-12-28-29)17-5-7-18(23)8-6-17;/h4-9,12-14,19H,3,10-11,15H2,1-2H3,(H,25,30)(H2,24,26,27);1H. The maximum absolute atomic E-state index is 12.0. The molecule has 0 aliphatic carbocycles. The third kappa shape index (κ3) is 7.27. The van der Waals surface area contributed by atoms with Gasteiger partial charge < -0.3 is 20.4 Å². The number of rotatable bonds is 9. The molecule has 2 aromatic heterocycles. The van der Waals surface area contributed by atoms with Gasteiger partial charge in [-0.3, -0.25) is 14.5 Å². The highest BCUT2D eigenvalue weighted by molar-refractivity contribution is 14.0. The number of furan rings is 1. The van der Waals surface area contributed by atoms with Crippen LogP contribution in [-0.2, 0) is 0 Å². The van der Waals surface area contributed by atoms with E-state index in [1.54, 1.807) is 19.3 Å². The Balaban J connectivity index is 0.00000363. The first-order chi connectivity index (χ1) is 15.1. The summed E-state index contributed by atoms with van der Waals surface area (Å²) in [4.78, 5) is 16.3. The molecule has 3 aromatic rings. The Morgan fingerprint density at radius 3 is 2.56 bits per heavy atom. The van der Waals surface area contributed by atoms with Crippen molar-refractivity contribution >= 4 is 47.4 Å². The number of hydrogen-bond acceptors (Lipinski definition) is 4. The van der Waals surface area contributed by atoms with Crippen LogP contribution in [0.25, 0.3) is 0 Å². The first kappa shape index (κ1) is 25.7. The first-order valence-electron chi connectivity index (χ1n) is 10.1. The van der Waals surface area contributed by atoms with Crippen molar-refractivity contribution in [3.63, 3.8) is 0 Å². The average molecular weight is 571 g/mol. The van der Waals surface area contributed by atoms with Gasteiger partial charge in [0.1, 0.15) is 0 Å². The lowest BCUT2D eigenvalue weighted by Crippen LogP contribution is -2.41. The molecule has 0 aliphatic heterocycles. The first-order valence-corrected chi connectivity index (χ1v) is 10.5. The third-order valence-electron chi connectivity index (χ3n) is 4.79. The minimum atomic E-state index is -0.199. The fourth-order valence-electron chi connectivity index (χ4n) is 3.11. The molecule has 0 spiro atoms. The van der Waals surface area contributed by atoms with Crippen LogP contribution in [0.1, 0.15) is 34.1 Å². The van der Waals surface area contributed by atoms with Crippen molar-refractivity contribution in [1.82, 2.24) is 25.7 Å². The number of carbonyl (C=O) groups is 1. The number of carbonyl (C=O) groups excluding carboxylic acids is 1. The monoisotopic (exact) mass is 570 g/mol. The molecule has 2 heterocycles. The molecule has 0 radical (unpaired) electrons. The fourth-order valence-corrected chi connectivity index (χ4v) is 3.24. The highest BCUT2D eigenvalue weighted by atomic mass is 127. The van der Waals surface area contributed by atoms with E-state index in [0.717, 1.165) is 17.5 Å². The van der Waals surface area contributed by atoms with Crippen LogP contribution in [-0.4, -0.2) is 48.3 Å². The molecule has 1 atom stereocenters. The van der Waals surface area contributed by atoms with E-state index in [9.17, 15) is 4.79 Å². The summed E-state index contributed by atoms with van der Waals surface area (Å²) in [6.45, 7) is 3.63. The summed E-state index contributed by atoms with van der Waals surface area (Å²) in [5, 5.41) is 14.5. The molecule has 0 saturated heterocycles. The molecule has 0 saturated carbocycles. The molecule has 3 N–H and O–H groups in total. The molecule has 3 rings (SSSR count). The Hall–Kier alpha value is -2.53. The Morgan fingerprint density at radius 2 is 1.94 bits per heavy atom. The van der Waals surface area contributed by atoms with Crippen molar-refractivity contribution in [3.8, 4) is 0 Å². The molecule has 0 fully saturated rings. The van der Waals surface area contributed by atoms with Gasteiger partial charge in [-0.2, -0.15) is 5.10 Å². The number of guanidine groups is 1. The Bertz CT molecular complexity index is 988. The fraction of sp³-hybridized carbons (Fsp3) is 0.318. The van der Waals surface area contributed by atoms with E-state index in [2.05, 4.69) is 26.0 Å². The zero-order valence-corrected chi connectivity index (χ0v) is 21.1. The van der Waals surface area contributed by atoms with Gasteiger partial charge in [-0.25, -0.2) is 0 Å². The van der Waals surface area contributed by atoms with Gasteiger partial charge in [0.2, 0.25) is 0 Å². The van der Waals surface area contributed by atoms with E-state index in [1.165, 1.54) is 6.26 Å². The smallest absolute Gasteiger partial charge is 0.287 e. The highest BCUT2D eigenvalue weighted by Gasteiger charge is 2.15. The predicted molar refractivity (Wildman–Crippen MR) is 137 cm³/mol. The molecule has 8 nitrogen and oxygen atoms in total. The van der Waals surface area contributed by atoms with Gasteiger partial charge in [-0.05, 0) is 43.2 Å². The summed E-state index contributed by atoms with van der Waals surface area (Å²) in [5.41, 5.74) is 1.92. The second-order valence-electron chi connectivity index (χ2n) is 6.98. The third-order valence-corrected chi connectivity index (χ3v) is 5.04. The van der Waals surface area contributed by atoms with Gasteiger partial charge in [-0.1, -0.05) is 23.7 Å². The number of aryl methyl sites for hydroxylation is 1. The Morgan fingerprint density at radius 1 is 1.19 bits per heavy atom. The van der Waals surface area contributed by atoms with Gasteiger partial charge >= 0.3 is 0 Å². The van der Waals surface area contributed by atoms with E-state index in [1.807, 2.05) is 48.1 Å². The van der Waals surface area contributed by atoms with Crippen molar-refractivity contribution < 1.29 is 9.21 Å². The molecule has 10 heteroatoms. The summed E-state index contributed by atoms with van der Waals surface area (Å²) < 4.78 is 7.09. The van der Waals surface area contributed by atoms with Crippen LogP contribution in [0.4, 0.5) is 0 Å². The number of aromatic nitrogens is 2. The van der Waals surface area contributed by atoms with E-state index in [-0.39, 0.29) is 35.9 Å². The van der Waals surface area contributed by atoms with E-state index >= 15 is 0 Å². The summed E-state index contributed by atoms with van der Waals surface area (Å²) in [6.07, 6.45) is 5.95. The van der Waals surface area contributed by atoms with Gasteiger partial charge in [-0.15, -0.1) is 24.0 Å². The van der Waals surface area contributed by atoms with E-state index in [4.69, 9.17) is 16.0 Å². The lowest BCUT2D eigenvalue weighted by atomic mass is 10.1. The summed E-state index contributed by atoms with van der Waals surface area (Å²) in [7, 11) is 1.72. The van der Waals surface area contributed by atoms with Crippen molar-refractivity contribution in [1.29, 1.82) is 0 Å². The SMILES string of the molecule is CN=C(NCCCNC(=O)c1occc1C)NCC(c1ccc(Cl)cc1)n1cccn1.I. The lowest BCUT2D eigenvalue weighted by molar-refractivity contribution is 0.0925. The van der Waals surface area contributed by atoms with E-state index < -0.39 is 0 Å². The van der Waals surface area contributed by atoms with Crippen molar-refractivity contribution in [3.05, 3.63) is 77.0 Å². The molecule has 172 valence electrons. The van der Waals surface area contributed by atoms with Crippen molar-refractivity contribution in [2.45, 2.75) is 19.4 Å². The molecular formula is C22H28ClIN6O2. The van der Waals surface area contributed by atoms with Gasteiger partial charge in [0.15, 0.2) is 11.7 Å². The van der Waals surface area contributed by atoms with Crippen LogP contribution < -0.4 is 16.0 Å². The number of aliphatic imine (C=N–C) groups is 1. The zero-order valence-electron chi connectivity index (χ0n) is 18.0. The van der Waals surface area contributed by atoms with Gasteiger partial charge in [0, 0.05) is 49.7 Å². The summed E-state index contributed by atoms with van der Waals surface area (Å²) >= 11 is 6.03. The molecule has 0 bridgehead atoms. The maximum Gasteiger partial charge on any atom is 0.287 e. The number of amides is 1. The highest BCUT2D eigenvalue weighted by Crippen LogP contribution is 2.19. The summed E-state index contributed by atoms with van der Waals surface area (Å²) in [5.74, 6) is 0.839. The molecule has 0 aliphatic rings. The number of nitrogens with zero attached hydrogens (tertiary/aromatic N) is 3. The second-order valence-corrected chi connectivity index (χ2v) is 7.41.